The molecule has 14 heavy (non-hydrogen) atoms. The number of rotatable bonds is 2. The largest absolute Gasteiger partial charge is 0.505 e. The molecular weight excluding hydrogens is 294 g/mol. The van der Waals surface area contributed by atoms with Crippen molar-refractivity contribution in [2.24, 2.45) is 0 Å². The average Bonchev–Trinajstić information content (AvgIpc) is 2.13. The van der Waals surface area contributed by atoms with Crippen LogP contribution in [0.2, 0.25) is 5.02 Å². The van der Waals surface area contributed by atoms with Gasteiger partial charge in [-0.3, -0.25) is 0 Å². The second-order valence-corrected chi connectivity index (χ2v) is 5.59. The molecule has 0 aliphatic heterocycles. The molecule has 0 unspecified atom stereocenters. The van der Waals surface area contributed by atoms with Crippen LogP contribution in [0, 0.1) is 0 Å². The molecule has 0 radical (unpaired) electrons. The van der Waals surface area contributed by atoms with Crippen molar-refractivity contribution in [1.29, 1.82) is 0 Å². The van der Waals surface area contributed by atoms with Crippen molar-refractivity contribution in [2.75, 3.05) is 7.05 Å². The Hall–Kier alpha value is -0.300. The van der Waals surface area contributed by atoms with Crippen LogP contribution in [0.25, 0.3) is 0 Å². The first-order valence-electron chi connectivity index (χ1n) is 3.50. The van der Waals surface area contributed by atoms with E-state index < -0.39 is 10.0 Å². The molecule has 0 aliphatic rings. The van der Waals surface area contributed by atoms with Gasteiger partial charge in [0.15, 0.2) is 0 Å². The van der Waals surface area contributed by atoms with Gasteiger partial charge < -0.3 is 5.11 Å². The number of benzene rings is 1. The van der Waals surface area contributed by atoms with Crippen LogP contribution in [0.4, 0.5) is 0 Å². The van der Waals surface area contributed by atoms with Crippen LogP contribution in [-0.2, 0) is 10.0 Å². The van der Waals surface area contributed by atoms with Gasteiger partial charge in [0.25, 0.3) is 0 Å². The fourth-order valence-corrected chi connectivity index (χ4v) is 2.61. The van der Waals surface area contributed by atoms with Gasteiger partial charge in [0.1, 0.15) is 5.75 Å². The minimum atomic E-state index is -3.54. The summed E-state index contributed by atoms with van der Waals surface area (Å²) in [7, 11) is -2.24. The lowest BCUT2D eigenvalue weighted by Crippen LogP contribution is -2.18. The maximum Gasteiger partial charge on any atom is 0.240 e. The summed E-state index contributed by atoms with van der Waals surface area (Å²) in [5.41, 5.74) is 0. The Morgan fingerprint density at radius 3 is 2.50 bits per heavy atom. The van der Waals surface area contributed by atoms with E-state index in [4.69, 9.17) is 11.6 Å². The normalized spacial score (nSPS) is 11.6. The Labute approximate surface area is 95.1 Å². The van der Waals surface area contributed by atoms with Gasteiger partial charge in [0.05, 0.1) is 14.4 Å². The Balaban J connectivity index is 3.41. The number of hydrogen-bond acceptors (Lipinski definition) is 3. The molecule has 1 aromatic rings. The Morgan fingerprint density at radius 1 is 1.50 bits per heavy atom. The van der Waals surface area contributed by atoms with Crippen molar-refractivity contribution in [2.45, 2.75) is 4.90 Å². The second kappa shape index (κ2) is 4.06. The van der Waals surface area contributed by atoms with Gasteiger partial charge in [0, 0.05) is 0 Å². The highest BCUT2D eigenvalue weighted by molar-refractivity contribution is 9.10. The van der Waals surface area contributed by atoms with E-state index >= 15 is 0 Å². The summed E-state index contributed by atoms with van der Waals surface area (Å²) in [6, 6.07) is 2.44. The van der Waals surface area contributed by atoms with Crippen LogP contribution >= 0.6 is 27.5 Å². The number of nitrogens with one attached hydrogen (secondary N) is 1. The van der Waals surface area contributed by atoms with E-state index in [1.165, 1.54) is 19.2 Å². The van der Waals surface area contributed by atoms with E-state index in [-0.39, 0.29) is 20.1 Å². The van der Waals surface area contributed by atoms with Gasteiger partial charge in [-0.15, -0.1) is 0 Å². The van der Waals surface area contributed by atoms with E-state index in [9.17, 15) is 13.5 Å². The molecule has 0 aliphatic carbocycles. The third-order valence-electron chi connectivity index (χ3n) is 1.57. The molecule has 0 bridgehead atoms. The lowest BCUT2D eigenvalue weighted by atomic mass is 10.3. The van der Waals surface area contributed by atoms with Crippen LogP contribution in [-0.4, -0.2) is 20.6 Å². The number of hydrogen-bond donors (Lipinski definition) is 2. The molecular formula is C7H7BrClNO3S. The average molecular weight is 301 g/mol. The zero-order chi connectivity index (χ0) is 10.9. The first kappa shape index (κ1) is 11.8. The molecule has 0 spiro atoms. The molecule has 0 fully saturated rings. The SMILES string of the molecule is CNS(=O)(=O)c1cc(Cl)c(O)c(Br)c1. The predicted molar refractivity (Wildman–Crippen MR) is 57.1 cm³/mol. The topological polar surface area (TPSA) is 66.4 Å². The highest BCUT2D eigenvalue weighted by atomic mass is 79.9. The van der Waals surface area contributed by atoms with Crippen molar-refractivity contribution in [3.63, 3.8) is 0 Å². The Kier molecular flexibility index (Phi) is 3.41. The zero-order valence-electron chi connectivity index (χ0n) is 7.08. The summed E-state index contributed by atoms with van der Waals surface area (Å²) in [5.74, 6) is -0.179. The number of halogens is 2. The third kappa shape index (κ3) is 2.20. The Bertz CT molecular complexity index is 437. The summed E-state index contributed by atoms with van der Waals surface area (Å²) < 4.78 is 25.1. The van der Waals surface area contributed by atoms with Crippen molar-refractivity contribution in [1.82, 2.24) is 4.72 Å². The van der Waals surface area contributed by atoms with Crippen LogP contribution in [0.15, 0.2) is 21.5 Å². The van der Waals surface area contributed by atoms with E-state index in [1.807, 2.05) is 0 Å². The molecule has 0 saturated heterocycles. The van der Waals surface area contributed by atoms with Gasteiger partial charge in [-0.25, -0.2) is 13.1 Å². The van der Waals surface area contributed by atoms with Crippen molar-refractivity contribution in [3.8, 4) is 5.75 Å². The van der Waals surface area contributed by atoms with Crippen LogP contribution in [0.1, 0.15) is 0 Å². The third-order valence-corrected chi connectivity index (χ3v) is 3.86. The molecule has 0 saturated carbocycles. The fraction of sp³-hybridized carbons (Fsp3) is 0.143. The lowest BCUT2D eigenvalue weighted by Gasteiger charge is -2.05. The lowest BCUT2D eigenvalue weighted by molar-refractivity contribution is 0.471. The smallest absolute Gasteiger partial charge is 0.240 e. The van der Waals surface area contributed by atoms with Gasteiger partial charge in [0.2, 0.25) is 10.0 Å². The van der Waals surface area contributed by atoms with E-state index in [0.717, 1.165) is 0 Å². The van der Waals surface area contributed by atoms with Crippen LogP contribution in [0.3, 0.4) is 0 Å². The van der Waals surface area contributed by atoms with Gasteiger partial charge in [-0.05, 0) is 35.1 Å². The molecule has 1 aromatic carbocycles. The molecule has 0 amide bonds. The molecule has 78 valence electrons. The van der Waals surface area contributed by atoms with E-state index in [0.29, 0.717) is 0 Å². The van der Waals surface area contributed by atoms with Crippen molar-refractivity contribution >= 4 is 37.6 Å². The summed E-state index contributed by atoms with van der Waals surface area (Å²) >= 11 is 8.60. The highest BCUT2D eigenvalue weighted by Gasteiger charge is 2.15. The highest BCUT2D eigenvalue weighted by Crippen LogP contribution is 2.34. The maximum atomic E-state index is 11.3. The monoisotopic (exact) mass is 299 g/mol. The minimum absolute atomic E-state index is 0.00493. The summed E-state index contributed by atoms with van der Waals surface area (Å²) in [6.07, 6.45) is 0. The fourth-order valence-electron chi connectivity index (χ4n) is 0.815. The molecule has 0 aromatic heterocycles. The van der Waals surface area contributed by atoms with Crippen molar-refractivity contribution in [3.05, 3.63) is 21.6 Å². The number of sulfonamides is 1. The molecule has 1 rings (SSSR count). The van der Waals surface area contributed by atoms with Crippen LogP contribution in [0.5, 0.6) is 5.75 Å². The standard InChI is InChI=1S/C7H7BrClNO3S/c1-10-14(12,13)4-2-5(8)7(11)6(9)3-4/h2-3,10-11H,1H3. The van der Waals surface area contributed by atoms with E-state index in [2.05, 4.69) is 20.7 Å². The van der Waals surface area contributed by atoms with Gasteiger partial charge in [-0.2, -0.15) is 0 Å². The van der Waals surface area contributed by atoms with Crippen molar-refractivity contribution < 1.29 is 13.5 Å². The van der Waals surface area contributed by atoms with Gasteiger partial charge in [-0.1, -0.05) is 11.6 Å². The molecule has 2 N–H and O–H groups in total. The van der Waals surface area contributed by atoms with E-state index in [1.54, 1.807) is 0 Å². The molecule has 0 heterocycles. The Morgan fingerprint density at radius 2 is 2.07 bits per heavy atom. The molecule has 4 nitrogen and oxygen atoms in total. The quantitative estimate of drug-likeness (QED) is 0.874. The summed E-state index contributed by atoms with van der Waals surface area (Å²) in [6.45, 7) is 0. The molecule has 0 atom stereocenters. The summed E-state index contributed by atoms with van der Waals surface area (Å²) in [4.78, 5) is -0.00493. The zero-order valence-corrected chi connectivity index (χ0v) is 10.2. The molecule has 7 heteroatoms. The minimum Gasteiger partial charge on any atom is -0.505 e. The first-order chi connectivity index (χ1) is 6.38. The number of aromatic hydroxyl groups is 1. The summed E-state index contributed by atoms with van der Waals surface area (Å²) in [5, 5.41) is 9.25. The van der Waals surface area contributed by atoms with Gasteiger partial charge >= 0.3 is 0 Å². The first-order valence-corrected chi connectivity index (χ1v) is 6.15. The number of phenolic OH excluding ortho intramolecular Hbond substituents is 1. The number of phenols is 1. The predicted octanol–water partition coefficient (Wildman–Crippen LogP) is 1.72. The second-order valence-electron chi connectivity index (χ2n) is 2.44. The maximum absolute atomic E-state index is 11.3. The van der Waals surface area contributed by atoms with Crippen LogP contribution < -0.4 is 4.72 Å².